The third kappa shape index (κ3) is 3.53. The van der Waals surface area contributed by atoms with E-state index in [4.69, 9.17) is 0 Å². The van der Waals surface area contributed by atoms with Crippen LogP contribution in [0.15, 0.2) is 18.2 Å². The van der Waals surface area contributed by atoms with Crippen molar-refractivity contribution >= 4 is 11.6 Å². The Balaban J connectivity index is 1.82. The summed E-state index contributed by atoms with van der Waals surface area (Å²) in [6.07, 6.45) is 3.73. The molecule has 18 heavy (non-hydrogen) atoms. The Morgan fingerprint density at radius 3 is 3.06 bits per heavy atom. The van der Waals surface area contributed by atoms with E-state index in [0.717, 1.165) is 24.9 Å². The molecule has 0 spiro atoms. The first kappa shape index (κ1) is 13.0. The average Bonchev–Trinajstić information content (AvgIpc) is 2.83. The zero-order chi connectivity index (χ0) is 13.0. The first-order chi connectivity index (χ1) is 8.65. The van der Waals surface area contributed by atoms with Crippen molar-refractivity contribution in [2.24, 2.45) is 0 Å². The normalized spacial score (nSPS) is 18.9. The van der Waals surface area contributed by atoms with E-state index in [0.29, 0.717) is 18.2 Å². The molecule has 1 saturated heterocycles. The van der Waals surface area contributed by atoms with Crippen LogP contribution in [0.2, 0.25) is 0 Å². The molecule has 1 fully saturated rings. The van der Waals surface area contributed by atoms with Gasteiger partial charge < -0.3 is 10.6 Å². The second-order valence-corrected chi connectivity index (χ2v) is 4.84. The van der Waals surface area contributed by atoms with Crippen molar-refractivity contribution in [3.63, 3.8) is 0 Å². The maximum atomic E-state index is 12.9. The molecule has 1 aromatic rings. The molecule has 1 aromatic carbocycles. The number of benzene rings is 1. The molecule has 0 aromatic heterocycles. The Bertz CT molecular complexity index is 428. The third-order valence-electron chi connectivity index (χ3n) is 3.34. The van der Waals surface area contributed by atoms with Crippen LogP contribution in [0.5, 0.6) is 0 Å². The Hall–Kier alpha value is -1.42. The lowest BCUT2D eigenvalue weighted by Crippen LogP contribution is -2.23. The average molecular weight is 250 g/mol. The Morgan fingerprint density at radius 2 is 2.39 bits per heavy atom. The largest absolute Gasteiger partial charge is 0.326 e. The zero-order valence-corrected chi connectivity index (χ0v) is 10.6. The minimum Gasteiger partial charge on any atom is -0.326 e. The van der Waals surface area contributed by atoms with Gasteiger partial charge in [-0.2, -0.15) is 0 Å². The molecule has 1 aliphatic heterocycles. The van der Waals surface area contributed by atoms with Crippen LogP contribution in [0.25, 0.3) is 0 Å². The van der Waals surface area contributed by atoms with Gasteiger partial charge in [-0.05, 0) is 56.5 Å². The fraction of sp³-hybridized carbons (Fsp3) is 0.500. The van der Waals surface area contributed by atoms with E-state index < -0.39 is 0 Å². The van der Waals surface area contributed by atoms with E-state index in [1.165, 1.54) is 18.6 Å². The van der Waals surface area contributed by atoms with Crippen LogP contribution in [0.3, 0.4) is 0 Å². The number of rotatable bonds is 4. The van der Waals surface area contributed by atoms with Gasteiger partial charge in [0.15, 0.2) is 0 Å². The molecule has 1 atom stereocenters. The quantitative estimate of drug-likeness (QED) is 0.862. The third-order valence-corrected chi connectivity index (χ3v) is 3.34. The van der Waals surface area contributed by atoms with Crippen molar-refractivity contribution in [1.82, 2.24) is 5.32 Å². The van der Waals surface area contributed by atoms with Crippen molar-refractivity contribution in [2.75, 3.05) is 11.9 Å². The Labute approximate surface area is 107 Å². The van der Waals surface area contributed by atoms with Crippen LogP contribution in [0, 0.1) is 12.7 Å². The van der Waals surface area contributed by atoms with Crippen molar-refractivity contribution in [3.05, 3.63) is 29.6 Å². The lowest BCUT2D eigenvalue weighted by atomic mass is 10.1. The monoisotopic (exact) mass is 250 g/mol. The van der Waals surface area contributed by atoms with E-state index in [1.807, 2.05) is 0 Å². The Kier molecular flexibility index (Phi) is 4.31. The number of halogens is 1. The molecule has 2 N–H and O–H groups in total. The highest BCUT2D eigenvalue weighted by molar-refractivity contribution is 5.91. The SMILES string of the molecule is Cc1cc(F)ccc1NC(=O)CCC1CCCN1. The fourth-order valence-corrected chi connectivity index (χ4v) is 2.29. The van der Waals surface area contributed by atoms with Crippen LogP contribution >= 0.6 is 0 Å². The highest BCUT2D eigenvalue weighted by atomic mass is 19.1. The summed E-state index contributed by atoms with van der Waals surface area (Å²) in [5.41, 5.74) is 1.45. The van der Waals surface area contributed by atoms with Crippen molar-refractivity contribution in [1.29, 1.82) is 0 Å². The van der Waals surface area contributed by atoms with Gasteiger partial charge in [0, 0.05) is 18.2 Å². The maximum absolute atomic E-state index is 12.9. The molecule has 1 heterocycles. The van der Waals surface area contributed by atoms with Crippen LogP contribution < -0.4 is 10.6 Å². The number of carbonyl (C=O) groups is 1. The number of carbonyl (C=O) groups excluding carboxylic acids is 1. The second-order valence-electron chi connectivity index (χ2n) is 4.84. The van der Waals surface area contributed by atoms with Crippen LogP contribution in [0.1, 0.15) is 31.2 Å². The van der Waals surface area contributed by atoms with Gasteiger partial charge in [0.2, 0.25) is 5.91 Å². The predicted molar refractivity (Wildman–Crippen MR) is 70.0 cm³/mol. The number of anilines is 1. The van der Waals surface area contributed by atoms with Crippen LogP contribution in [-0.2, 0) is 4.79 Å². The van der Waals surface area contributed by atoms with Gasteiger partial charge >= 0.3 is 0 Å². The molecule has 0 bridgehead atoms. The molecule has 3 nitrogen and oxygen atoms in total. The van der Waals surface area contributed by atoms with Crippen molar-refractivity contribution < 1.29 is 9.18 Å². The lowest BCUT2D eigenvalue weighted by molar-refractivity contribution is -0.116. The number of nitrogens with one attached hydrogen (secondary N) is 2. The summed E-state index contributed by atoms with van der Waals surface area (Å²) >= 11 is 0. The summed E-state index contributed by atoms with van der Waals surface area (Å²) in [5.74, 6) is -0.279. The lowest BCUT2D eigenvalue weighted by Gasteiger charge is -2.11. The van der Waals surface area contributed by atoms with E-state index in [9.17, 15) is 9.18 Å². The van der Waals surface area contributed by atoms with Crippen LogP contribution in [0.4, 0.5) is 10.1 Å². The number of hydrogen-bond acceptors (Lipinski definition) is 2. The van der Waals surface area contributed by atoms with Crippen molar-refractivity contribution in [3.8, 4) is 0 Å². The van der Waals surface area contributed by atoms with Gasteiger partial charge in [-0.1, -0.05) is 0 Å². The molecule has 1 amide bonds. The van der Waals surface area contributed by atoms with Gasteiger partial charge in [0.25, 0.3) is 0 Å². The highest BCUT2D eigenvalue weighted by Gasteiger charge is 2.15. The standard InChI is InChI=1S/C14H19FN2O/c1-10-9-11(15)4-6-13(10)17-14(18)7-5-12-3-2-8-16-12/h4,6,9,12,16H,2-3,5,7-8H2,1H3,(H,17,18). The molecule has 1 unspecified atom stereocenters. The second kappa shape index (κ2) is 5.96. The Morgan fingerprint density at radius 1 is 1.56 bits per heavy atom. The van der Waals surface area contributed by atoms with Gasteiger partial charge in [-0.25, -0.2) is 4.39 Å². The molecule has 98 valence electrons. The van der Waals surface area contributed by atoms with Gasteiger partial charge in [-0.15, -0.1) is 0 Å². The molecular weight excluding hydrogens is 231 g/mol. The number of hydrogen-bond donors (Lipinski definition) is 2. The minimum atomic E-state index is -0.277. The van der Waals surface area contributed by atoms with Crippen LogP contribution in [-0.4, -0.2) is 18.5 Å². The minimum absolute atomic E-state index is 0.00147. The van der Waals surface area contributed by atoms with E-state index >= 15 is 0 Å². The van der Waals surface area contributed by atoms with E-state index in [-0.39, 0.29) is 11.7 Å². The van der Waals surface area contributed by atoms with Gasteiger partial charge in [-0.3, -0.25) is 4.79 Å². The number of amides is 1. The highest BCUT2D eigenvalue weighted by Crippen LogP contribution is 2.17. The predicted octanol–water partition coefficient (Wildman–Crippen LogP) is 2.60. The molecule has 0 radical (unpaired) electrons. The maximum Gasteiger partial charge on any atom is 0.224 e. The van der Waals surface area contributed by atoms with Gasteiger partial charge in [0.05, 0.1) is 0 Å². The summed E-state index contributed by atoms with van der Waals surface area (Å²) in [6, 6.07) is 4.87. The fourth-order valence-electron chi connectivity index (χ4n) is 2.29. The molecule has 1 aliphatic rings. The summed E-state index contributed by atoms with van der Waals surface area (Å²) in [4.78, 5) is 11.8. The van der Waals surface area contributed by atoms with Gasteiger partial charge in [0.1, 0.15) is 5.82 Å². The summed E-state index contributed by atoms with van der Waals surface area (Å²) in [5, 5.41) is 6.19. The molecule has 0 aliphatic carbocycles. The smallest absolute Gasteiger partial charge is 0.224 e. The molecular formula is C14H19FN2O. The topological polar surface area (TPSA) is 41.1 Å². The summed E-state index contributed by atoms with van der Waals surface area (Å²) in [6.45, 7) is 2.85. The first-order valence-electron chi connectivity index (χ1n) is 6.44. The first-order valence-corrected chi connectivity index (χ1v) is 6.44. The molecule has 0 saturated carbocycles. The molecule has 4 heteroatoms. The van der Waals surface area contributed by atoms with E-state index in [2.05, 4.69) is 10.6 Å². The summed E-state index contributed by atoms with van der Waals surface area (Å²) < 4.78 is 12.9. The summed E-state index contributed by atoms with van der Waals surface area (Å²) in [7, 11) is 0. The molecule has 2 rings (SSSR count). The number of aryl methyl sites for hydroxylation is 1. The zero-order valence-electron chi connectivity index (χ0n) is 10.6. The van der Waals surface area contributed by atoms with Crippen molar-refractivity contribution in [2.45, 2.75) is 38.6 Å². The van der Waals surface area contributed by atoms with E-state index in [1.54, 1.807) is 13.0 Å².